The molecule has 0 saturated carbocycles. The average molecular weight is 420 g/mol. The Bertz CT molecular complexity index is 641. The zero-order chi connectivity index (χ0) is 14.7. The van der Waals surface area contributed by atoms with Crippen molar-refractivity contribution >= 4 is 55.1 Å². The minimum absolute atomic E-state index is 0.243. The van der Waals surface area contributed by atoms with Crippen molar-refractivity contribution in [1.29, 1.82) is 0 Å². The van der Waals surface area contributed by atoms with Crippen molar-refractivity contribution in [2.75, 3.05) is 12.4 Å². The molecule has 0 aromatic heterocycles. The van der Waals surface area contributed by atoms with Crippen molar-refractivity contribution in [2.24, 2.45) is 0 Å². The lowest BCUT2D eigenvalue weighted by molar-refractivity contribution is 0.102. The highest BCUT2D eigenvalue weighted by Crippen LogP contribution is 2.28. The van der Waals surface area contributed by atoms with Gasteiger partial charge in [0.05, 0.1) is 12.8 Å². The summed E-state index contributed by atoms with van der Waals surface area (Å²) in [6, 6.07) is 10.4. The number of carbonyl (C=O) groups excluding carboxylic acids is 1. The number of benzene rings is 2. The van der Waals surface area contributed by atoms with E-state index in [1.54, 1.807) is 30.3 Å². The van der Waals surface area contributed by atoms with Crippen molar-refractivity contribution < 1.29 is 9.53 Å². The van der Waals surface area contributed by atoms with E-state index in [4.69, 9.17) is 16.3 Å². The molecule has 0 aliphatic heterocycles. The lowest BCUT2D eigenvalue weighted by atomic mass is 10.2. The topological polar surface area (TPSA) is 38.3 Å². The van der Waals surface area contributed by atoms with Crippen LogP contribution in [0.3, 0.4) is 0 Å². The Morgan fingerprint density at radius 1 is 1.15 bits per heavy atom. The fourth-order valence-corrected chi connectivity index (χ4v) is 3.12. The molecule has 104 valence electrons. The van der Waals surface area contributed by atoms with Crippen LogP contribution in [0.2, 0.25) is 5.02 Å². The van der Waals surface area contributed by atoms with Gasteiger partial charge in [-0.1, -0.05) is 43.5 Å². The van der Waals surface area contributed by atoms with Gasteiger partial charge in [-0.25, -0.2) is 0 Å². The van der Waals surface area contributed by atoms with Crippen LogP contribution >= 0.6 is 43.5 Å². The Labute approximate surface area is 138 Å². The number of anilines is 1. The molecule has 0 saturated heterocycles. The summed E-state index contributed by atoms with van der Waals surface area (Å²) >= 11 is 12.6. The predicted molar refractivity (Wildman–Crippen MR) is 87.8 cm³/mol. The number of amides is 1. The molecule has 1 N–H and O–H groups in total. The maximum Gasteiger partial charge on any atom is 0.255 e. The Kier molecular flexibility index (Phi) is 5.07. The molecule has 0 heterocycles. The number of hydrogen-bond acceptors (Lipinski definition) is 2. The van der Waals surface area contributed by atoms with Crippen LogP contribution in [-0.4, -0.2) is 13.0 Å². The molecular formula is C14H10Br2ClNO2. The molecule has 0 fully saturated rings. The highest BCUT2D eigenvalue weighted by molar-refractivity contribution is 9.11. The zero-order valence-corrected chi connectivity index (χ0v) is 14.3. The van der Waals surface area contributed by atoms with E-state index in [2.05, 4.69) is 37.2 Å². The molecule has 6 heteroatoms. The van der Waals surface area contributed by atoms with Gasteiger partial charge in [0.15, 0.2) is 0 Å². The molecule has 0 bridgehead atoms. The van der Waals surface area contributed by atoms with Crippen LogP contribution in [0.25, 0.3) is 0 Å². The molecule has 2 aromatic rings. The molecule has 0 spiro atoms. The number of carbonyl (C=O) groups is 1. The van der Waals surface area contributed by atoms with Gasteiger partial charge in [0, 0.05) is 19.5 Å². The van der Waals surface area contributed by atoms with E-state index in [0.717, 1.165) is 8.95 Å². The van der Waals surface area contributed by atoms with Gasteiger partial charge in [0.25, 0.3) is 5.91 Å². The summed E-state index contributed by atoms with van der Waals surface area (Å²) < 4.78 is 6.82. The monoisotopic (exact) mass is 417 g/mol. The number of nitrogens with one attached hydrogen (secondary N) is 1. The molecule has 0 aliphatic rings. The van der Waals surface area contributed by atoms with Gasteiger partial charge in [-0.15, -0.1) is 0 Å². The van der Waals surface area contributed by atoms with E-state index in [0.29, 0.717) is 22.0 Å². The summed E-state index contributed by atoms with van der Waals surface area (Å²) in [4.78, 5) is 12.2. The number of methoxy groups -OCH3 is 1. The van der Waals surface area contributed by atoms with Gasteiger partial charge in [-0.3, -0.25) is 4.79 Å². The Morgan fingerprint density at radius 2 is 1.80 bits per heavy atom. The lowest BCUT2D eigenvalue weighted by Gasteiger charge is -2.11. The molecule has 0 radical (unpaired) electrons. The van der Waals surface area contributed by atoms with Crippen LogP contribution in [0, 0.1) is 0 Å². The van der Waals surface area contributed by atoms with Crippen molar-refractivity contribution in [3.63, 3.8) is 0 Å². The Balaban J connectivity index is 2.29. The second-order valence-electron chi connectivity index (χ2n) is 3.96. The average Bonchev–Trinajstić information content (AvgIpc) is 2.37. The van der Waals surface area contributed by atoms with E-state index < -0.39 is 0 Å². The third kappa shape index (κ3) is 3.75. The highest BCUT2D eigenvalue weighted by Gasteiger charge is 2.11. The van der Waals surface area contributed by atoms with Gasteiger partial charge in [-0.2, -0.15) is 0 Å². The number of hydrogen-bond donors (Lipinski definition) is 1. The van der Waals surface area contributed by atoms with Gasteiger partial charge in [0.1, 0.15) is 5.75 Å². The molecule has 20 heavy (non-hydrogen) atoms. The van der Waals surface area contributed by atoms with E-state index in [9.17, 15) is 4.79 Å². The zero-order valence-electron chi connectivity index (χ0n) is 10.4. The standard InChI is InChI=1S/C14H10Br2ClNO2/c1-20-13-3-2-11(17)7-12(13)18-14(19)8-4-9(15)6-10(16)5-8/h2-7H,1H3,(H,18,19). The molecule has 2 aromatic carbocycles. The SMILES string of the molecule is COc1ccc(Cl)cc1NC(=O)c1cc(Br)cc(Br)c1. The summed E-state index contributed by atoms with van der Waals surface area (Å²) in [6.07, 6.45) is 0. The second kappa shape index (κ2) is 6.61. The first-order chi connectivity index (χ1) is 9.49. The van der Waals surface area contributed by atoms with Crippen LogP contribution in [0.4, 0.5) is 5.69 Å². The number of ether oxygens (including phenoxy) is 1. The van der Waals surface area contributed by atoms with Crippen LogP contribution in [0.5, 0.6) is 5.75 Å². The summed E-state index contributed by atoms with van der Waals surface area (Å²) in [5, 5.41) is 3.31. The minimum atomic E-state index is -0.243. The van der Waals surface area contributed by atoms with E-state index >= 15 is 0 Å². The first-order valence-electron chi connectivity index (χ1n) is 5.60. The van der Waals surface area contributed by atoms with Gasteiger partial charge in [-0.05, 0) is 36.4 Å². The van der Waals surface area contributed by atoms with Gasteiger partial charge in [0.2, 0.25) is 0 Å². The first kappa shape index (κ1) is 15.4. The molecule has 0 atom stereocenters. The third-order valence-corrected chi connectivity index (χ3v) is 3.69. The van der Waals surface area contributed by atoms with E-state index in [1.165, 1.54) is 7.11 Å². The minimum Gasteiger partial charge on any atom is -0.495 e. The van der Waals surface area contributed by atoms with Crippen molar-refractivity contribution in [2.45, 2.75) is 0 Å². The lowest BCUT2D eigenvalue weighted by Crippen LogP contribution is -2.12. The molecule has 0 unspecified atom stereocenters. The van der Waals surface area contributed by atoms with Crippen molar-refractivity contribution in [3.8, 4) is 5.75 Å². The summed E-state index contributed by atoms with van der Waals surface area (Å²) in [5.41, 5.74) is 1.05. The predicted octanol–water partition coefficient (Wildman–Crippen LogP) is 5.13. The van der Waals surface area contributed by atoms with Crippen molar-refractivity contribution in [1.82, 2.24) is 0 Å². The normalized spacial score (nSPS) is 10.2. The number of rotatable bonds is 3. The molecular weight excluding hydrogens is 409 g/mol. The molecule has 3 nitrogen and oxygen atoms in total. The number of halogens is 3. The Hall–Kier alpha value is -1.04. The fraction of sp³-hybridized carbons (Fsp3) is 0.0714. The smallest absolute Gasteiger partial charge is 0.255 e. The highest BCUT2D eigenvalue weighted by atomic mass is 79.9. The first-order valence-corrected chi connectivity index (χ1v) is 7.57. The maximum atomic E-state index is 12.2. The van der Waals surface area contributed by atoms with Crippen LogP contribution < -0.4 is 10.1 Å². The van der Waals surface area contributed by atoms with E-state index in [1.807, 2.05) is 6.07 Å². The quantitative estimate of drug-likeness (QED) is 0.749. The summed E-state index contributed by atoms with van der Waals surface area (Å²) in [7, 11) is 1.54. The second-order valence-corrected chi connectivity index (χ2v) is 6.22. The van der Waals surface area contributed by atoms with Crippen LogP contribution in [-0.2, 0) is 0 Å². The van der Waals surface area contributed by atoms with E-state index in [-0.39, 0.29) is 5.91 Å². The van der Waals surface area contributed by atoms with Crippen molar-refractivity contribution in [3.05, 3.63) is 55.9 Å². The van der Waals surface area contributed by atoms with Gasteiger partial charge >= 0.3 is 0 Å². The fourth-order valence-electron chi connectivity index (χ4n) is 1.66. The maximum absolute atomic E-state index is 12.2. The summed E-state index contributed by atoms with van der Waals surface area (Å²) in [5.74, 6) is 0.310. The van der Waals surface area contributed by atoms with Gasteiger partial charge < -0.3 is 10.1 Å². The molecule has 2 rings (SSSR count). The molecule has 0 aliphatic carbocycles. The molecule has 1 amide bonds. The van der Waals surface area contributed by atoms with Crippen LogP contribution in [0.1, 0.15) is 10.4 Å². The Morgan fingerprint density at radius 3 is 2.40 bits per heavy atom. The largest absolute Gasteiger partial charge is 0.495 e. The summed E-state index contributed by atoms with van der Waals surface area (Å²) in [6.45, 7) is 0. The van der Waals surface area contributed by atoms with Crippen LogP contribution in [0.15, 0.2) is 45.3 Å². The third-order valence-electron chi connectivity index (χ3n) is 2.53.